The van der Waals surface area contributed by atoms with Crippen molar-refractivity contribution < 1.29 is 9.84 Å². The van der Waals surface area contributed by atoms with Gasteiger partial charge >= 0.3 is 0 Å². The van der Waals surface area contributed by atoms with Crippen molar-refractivity contribution in [1.29, 1.82) is 0 Å². The quantitative estimate of drug-likeness (QED) is 0.885. The monoisotopic (exact) mass is 260 g/mol. The Morgan fingerprint density at radius 3 is 2.79 bits per heavy atom. The van der Waals surface area contributed by atoms with Crippen molar-refractivity contribution in [3.8, 4) is 22.9 Å². The van der Waals surface area contributed by atoms with Gasteiger partial charge < -0.3 is 14.8 Å². The molecule has 0 aliphatic heterocycles. The lowest BCUT2D eigenvalue weighted by Gasteiger charge is -2.08. The molecule has 5 nitrogen and oxygen atoms in total. The molecule has 1 heterocycles. The highest BCUT2D eigenvalue weighted by Crippen LogP contribution is 2.29. The van der Waals surface area contributed by atoms with Crippen LogP contribution in [0.4, 0.5) is 0 Å². The van der Waals surface area contributed by atoms with Gasteiger partial charge in [-0.15, -0.1) is 0 Å². The largest absolute Gasteiger partial charge is 0.504 e. The van der Waals surface area contributed by atoms with Crippen molar-refractivity contribution in [2.45, 2.75) is 20.3 Å². The van der Waals surface area contributed by atoms with Gasteiger partial charge in [-0.1, -0.05) is 6.92 Å². The number of ether oxygens (including phenoxy) is 1. The molecule has 0 bridgehead atoms. The number of benzene rings is 1. The van der Waals surface area contributed by atoms with E-state index in [0.29, 0.717) is 29.1 Å². The van der Waals surface area contributed by atoms with E-state index >= 15 is 0 Å². The molecule has 2 rings (SSSR count). The smallest absolute Gasteiger partial charge is 0.254 e. The summed E-state index contributed by atoms with van der Waals surface area (Å²) in [6, 6.07) is 4.84. The fraction of sp³-hybridized carbons (Fsp3) is 0.286. The maximum Gasteiger partial charge on any atom is 0.254 e. The molecule has 0 amide bonds. The number of aryl methyl sites for hydroxylation is 1. The second-order valence-electron chi connectivity index (χ2n) is 4.23. The summed E-state index contributed by atoms with van der Waals surface area (Å²) in [5.74, 6) is 0.876. The molecule has 0 unspecified atom stereocenters. The van der Waals surface area contributed by atoms with E-state index in [2.05, 4.69) is 9.97 Å². The summed E-state index contributed by atoms with van der Waals surface area (Å²) in [6.45, 7) is 3.71. The molecule has 0 aliphatic carbocycles. The van der Waals surface area contributed by atoms with Crippen LogP contribution in [0.25, 0.3) is 11.4 Å². The molecule has 0 saturated heterocycles. The number of methoxy groups -OCH3 is 1. The third-order valence-electron chi connectivity index (χ3n) is 3.04. The van der Waals surface area contributed by atoms with Crippen molar-refractivity contribution in [2.75, 3.05) is 7.11 Å². The number of rotatable bonds is 3. The first kappa shape index (κ1) is 13.1. The molecule has 0 atom stereocenters. The minimum absolute atomic E-state index is 0.0522. The number of hydrogen-bond acceptors (Lipinski definition) is 4. The Balaban J connectivity index is 2.59. The minimum atomic E-state index is -0.145. The highest BCUT2D eigenvalue weighted by molar-refractivity contribution is 5.61. The molecule has 1 aromatic carbocycles. The molecule has 0 aliphatic rings. The fourth-order valence-corrected chi connectivity index (χ4v) is 1.88. The normalized spacial score (nSPS) is 10.5. The Bertz CT molecular complexity index is 662. The van der Waals surface area contributed by atoms with Gasteiger partial charge in [0.25, 0.3) is 5.56 Å². The number of nitrogens with one attached hydrogen (secondary N) is 1. The van der Waals surface area contributed by atoms with Crippen LogP contribution in [0.3, 0.4) is 0 Å². The zero-order chi connectivity index (χ0) is 14.0. The number of aromatic hydroxyl groups is 1. The van der Waals surface area contributed by atoms with Gasteiger partial charge in [0.2, 0.25) is 0 Å². The lowest BCUT2D eigenvalue weighted by Crippen LogP contribution is -2.15. The first-order valence-corrected chi connectivity index (χ1v) is 6.04. The zero-order valence-corrected chi connectivity index (χ0v) is 11.2. The number of nitrogens with zero attached hydrogens (tertiary/aromatic N) is 1. The average molecular weight is 260 g/mol. The topological polar surface area (TPSA) is 75.2 Å². The second-order valence-corrected chi connectivity index (χ2v) is 4.23. The van der Waals surface area contributed by atoms with Crippen molar-refractivity contribution in [3.63, 3.8) is 0 Å². The van der Waals surface area contributed by atoms with Gasteiger partial charge in [0.1, 0.15) is 5.82 Å². The molecule has 2 aromatic rings. The average Bonchev–Trinajstić information content (AvgIpc) is 2.42. The molecule has 2 N–H and O–H groups in total. The van der Waals surface area contributed by atoms with Gasteiger partial charge in [-0.25, -0.2) is 4.98 Å². The number of hydrogen-bond donors (Lipinski definition) is 2. The molecular weight excluding hydrogens is 244 g/mol. The maximum atomic E-state index is 11.8. The molecule has 1 aromatic heterocycles. The molecular formula is C14H16N2O3. The Hall–Kier alpha value is -2.30. The lowest BCUT2D eigenvalue weighted by atomic mass is 10.1. The first-order chi connectivity index (χ1) is 9.06. The van der Waals surface area contributed by atoms with Crippen molar-refractivity contribution in [3.05, 3.63) is 39.8 Å². The highest BCUT2D eigenvalue weighted by Gasteiger charge is 2.10. The Morgan fingerprint density at radius 1 is 1.42 bits per heavy atom. The van der Waals surface area contributed by atoms with Gasteiger partial charge in [0.15, 0.2) is 11.5 Å². The van der Waals surface area contributed by atoms with Crippen molar-refractivity contribution >= 4 is 0 Å². The van der Waals surface area contributed by atoms with Crippen LogP contribution in [-0.2, 0) is 6.42 Å². The Kier molecular flexibility index (Phi) is 3.55. The summed E-state index contributed by atoms with van der Waals surface area (Å²) < 4.78 is 5.05. The zero-order valence-electron chi connectivity index (χ0n) is 11.2. The minimum Gasteiger partial charge on any atom is -0.504 e. The molecule has 0 saturated carbocycles. The van der Waals surface area contributed by atoms with E-state index in [-0.39, 0.29) is 11.3 Å². The number of H-pyrrole nitrogens is 1. The van der Waals surface area contributed by atoms with Gasteiger partial charge in [-0.05, 0) is 31.5 Å². The van der Waals surface area contributed by atoms with Crippen LogP contribution >= 0.6 is 0 Å². The van der Waals surface area contributed by atoms with E-state index < -0.39 is 0 Å². The summed E-state index contributed by atoms with van der Waals surface area (Å²) >= 11 is 0. The van der Waals surface area contributed by atoms with E-state index in [0.717, 1.165) is 5.69 Å². The van der Waals surface area contributed by atoms with Gasteiger partial charge in [0.05, 0.1) is 12.8 Å². The fourth-order valence-electron chi connectivity index (χ4n) is 1.88. The molecule has 100 valence electrons. The number of aromatic nitrogens is 2. The SMILES string of the molecule is CCc1nc(-c2ccc(O)c(OC)c2)[nH]c(=O)c1C. The molecule has 0 radical (unpaired) electrons. The van der Waals surface area contributed by atoms with Crippen LogP contribution in [0.1, 0.15) is 18.2 Å². The van der Waals surface area contributed by atoms with Gasteiger partial charge in [0, 0.05) is 11.1 Å². The molecule has 19 heavy (non-hydrogen) atoms. The standard InChI is InChI=1S/C14H16N2O3/c1-4-10-8(2)14(18)16-13(15-10)9-5-6-11(17)12(7-9)19-3/h5-7,17H,4H2,1-3H3,(H,15,16,18). The van der Waals surface area contributed by atoms with Gasteiger partial charge in [-0.2, -0.15) is 0 Å². The summed E-state index contributed by atoms with van der Waals surface area (Å²) in [6.07, 6.45) is 0.692. The van der Waals surface area contributed by atoms with Crippen LogP contribution in [0, 0.1) is 6.92 Å². The van der Waals surface area contributed by atoms with Crippen LogP contribution in [0.15, 0.2) is 23.0 Å². The highest BCUT2D eigenvalue weighted by atomic mass is 16.5. The third-order valence-corrected chi connectivity index (χ3v) is 3.04. The van der Waals surface area contributed by atoms with E-state index in [1.165, 1.54) is 13.2 Å². The third kappa shape index (κ3) is 2.45. The number of phenolic OH excluding ortho intramolecular Hbond substituents is 1. The number of phenols is 1. The Labute approximate surface area is 110 Å². The Morgan fingerprint density at radius 2 is 2.16 bits per heavy atom. The van der Waals surface area contributed by atoms with Crippen LogP contribution in [0.2, 0.25) is 0 Å². The maximum absolute atomic E-state index is 11.8. The van der Waals surface area contributed by atoms with Crippen LogP contribution in [-0.4, -0.2) is 22.2 Å². The lowest BCUT2D eigenvalue weighted by molar-refractivity contribution is 0.373. The van der Waals surface area contributed by atoms with E-state index in [1.807, 2.05) is 6.92 Å². The predicted octanol–water partition coefficient (Wildman–Crippen LogP) is 2.02. The van der Waals surface area contributed by atoms with Crippen LogP contribution in [0.5, 0.6) is 11.5 Å². The second kappa shape index (κ2) is 5.14. The van der Waals surface area contributed by atoms with Gasteiger partial charge in [-0.3, -0.25) is 4.79 Å². The summed E-state index contributed by atoms with van der Waals surface area (Å²) in [4.78, 5) is 19.0. The molecule has 0 fully saturated rings. The van der Waals surface area contributed by atoms with E-state index in [1.54, 1.807) is 19.1 Å². The van der Waals surface area contributed by atoms with Crippen LogP contribution < -0.4 is 10.3 Å². The summed E-state index contributed by atoms with van der Waals surface area (Å²) in [5.41, 5.74) is 1.96. The molecule has 0 spiro atoms. The van der Waals surface area contributed by atoms with Crippen molar-refractivity contribution in [1.82, 2.24) is 9.97 Å². The summed E-state index contributed by atoms with van der Waals surface area (Å²) in [7, 11) is 1.47. The molecule has 5 heteroatoms. The van der Waals surface area contributed by atoms with E-state index in [9.17, 15) is 9.90 Å². The van der Waals surface area contributed by atoms with Crippen molar-refractivity contribution in [2.24, 2.45) is 0 Å². The predicted molar refractivity (Wildman–Crippen MR) is 72.6 cm³/mol. The first-order valence-electron chi connectivity index (χ1n) is 6.04. The van der Waals surface area contributed by atoms with E-state index in [4.69, 9.17) is 4.74 Å². The number of aromatic amines is 1. The summed E-state index contributed by atoms with van der Waals surface area (Å²) in [5, 5.41) is 9.56.